The number of carbonyl (C=O) groups excluding carboxylic acids is 3. The van der Waals surface area contributed by atoms with Crippen molar-refractivity contribution in [3.8, 4) is 11.5 Å². The first-order valence-electron chi connectivity index (χ1n) is 14.6. The van der Waals surface area contributed by atoms with E-state index < -0.39 is 5.97 Å². The smallest absolute Gasteiger partial charge is 0.341 e. The molecule has 0 saturated heterocycles. The Balaban J connectivity index is 1.30. The normalized spacial score (nSPS) is 12.2. The second kappa shape index (κ2) is 15.1. The highest BCUT2D eigenvalue weighted by molar-refractivity contribution is 7.99. The predicted molar refractivity (Wildman–Crippen MR) is 173 cm³/mol. The molecule has 2 aromatic heterocycles. The number of methoxy groups -OCH3 is 2. The lowest BCUT2D eigenvalue weighted by molar-refractivity contribution is -0.113. The number of thioether (sulfide) groups is 1. The number of thiophene rings is 1. The molecular formula is C32H35N5O6S2. The Labute approximate surface area is 269 Å². The van der Waals surface area contributed by atoms with Crippen LogP contribution in [0.5, 0.6) is 11.5 Å². The molecule has 45 heavy (non-hydrogen) atoms. The van der Waals surface area contributed by atoms with Gasteiger partial charge in [-0.2, -0.15) is 0 Å². The molecule has 236 valence electrons. The SMILES string of the molecule is CCOC(=O)c1c(NC(=O)CSc2nnc(CNC(=O)c3ccc(OC)c(OC)c3)n2Cc2ccccc2)sc2c1CCCC2. The van der Waals surface area contributed by atoms with E-state index in [1.807, 2.05) is 34.9 Å². The highest BCUT2D eigenvalue weighted by Crippen LogP contribution is 2.39. The van der Waals surface area contributed by atoms with Crippen LogP contribution >= 0.6 is 23.1 Å². The number of fused-ring (bicyclic) bond motifs is 1. The molecule has 1 aliphatic rings. The van der Waals surface area contributed by atoms with Crippen molar-refractivity contribution in [3.63, 3.8) is 0 Å². The number of amides is 2. The maximum Gasteiger partial charge on any atom is 0.341 e. The molecule has 0 spiro atoms. The highest BCUT2D eigenvalue weighted by Gasteiger charge is 2.27. The molecule has 5 rings (SSSR count). The molecule has 13 heteroatoms. The minimum absolute atomic E-state index is 0.0513. The Morgan fingerprint density at radius 3 is 2.53 bits per heavy atom. The van der Waals surface area contributed by atoms with Crippen molar-refractivity contribution >= 4 is 45.9 Å². The molecular weight excluding hydrogens is 615 g/mol. The second-order valence-electron chi connectivity index (χ2n) is 10.2. The minimum Gasteiger partial charge on any atom is -0.493 e. The molecule has 1 aliphatic carbocycles. The number of benzene rings is 2. The zero-order chi connectivity index (χ0) is 31.8. The molecule has 4 aromatic rings. The molecule has 0 bridgehead atoms. The van der Waals surface area contributed by atoms with Gasteiger partial charge in [-0.25, -0.2) is 4.79 Å². The van der Waals surface area contributed by atoms with Crippen LogP contribution in [0.4, 0.5) is 5.00 Å². The molecule has 0 saturated carbocycles. The molecule has 11 nitrogen and oxygen atoms in total. The quantitative estimate of drug-likeness (QED) is 0.150. The lowest BCUT2D eigenvalue weighted by Crippen LogP contribution is -2.25. The molecule has 0 fully saturated rings. The van der Waals surface area contributed by atoms with E-state index in [4.69, 9.17) is 14.2 Å². The average Bonchev–Trinajstić information content (AvgIpc) is 3.62. The van der Waals surface area contributed by atoms with Gasteiger partial charge in [-0.1, -0.05) is 42.1 Å². The zero-order valence-electron chi connectivity index (χ0n) is 25.4. The Morgan fingerprint density at radius 2 is 1.78 bits per heavy atom. The summed E-state index contributed by atoms with van der Waals surface area (Å²) < 4.78 is 17.8. The molecule has 2 heterocycles. The fourth-order valence-corrected chi connectivity index (χ4v) is 7.14. The van der Waals surface area contributed by atoms with Crippen LogP contribution in [0.2, 0.25) is 0 Å². The number of ether oxygens (including phenoxy) is 3. The number of aromatic nitrogens is 3. The van der Waals surface area contributed by atoms with Crippen molar-refractivity contribution in [3.05, 3.63) is 81.5 Å². The highest BCUT2D eigenvalue weighted by atomic mass is 32.2. The number of esters is 1. The summed E-state index contributed by atoms with van der Waals surface area (Å²) in [5.74, 6) is 0.588. The predicted octanol–water partition coefficient (Wildman–Crippen LogP) is 5.12. The number of aryl methyl sites for hydroxylation is 1. The van der Waals surface area contributed by atoms with Crippen LogP contribution in [-0.4, -0.2) is 59.1 Å². The fraction of sp³-hybridized carbons (Fsp3) is 0.344. The summed E-state index contributed by atoms with van der Waals surface area (Å²) in [5.41, 5.74) is 2.90. The van der Waals surface area contributed by atoms with Crippen LogP contribution in [0.3, 0.4) is 0 Å². The van der Waals surface area contributed by atoms with Crippen LogP contribution in [0, 0.1) is 0 Å². The maximum atomic E-state index is 13.2. The van der Waals surface area contributed by atoms with Crippen molar-refractivity contribution in [2.45, 2.75) is 50.9 Å². The van der Waals surface area contributed by atoms with Gasteiger partial charge in [-0.3, -0.25) is 9.59 Å². The maximum absolute atomic E-state index is 13.2. The number of nitrogens with zero attached hydrogens (tertiary/aromatic N) is 3. The van der Waals surface area contributed by atoms with Gasteiger partial charge in [0.05, 0.1) is 45.2 Å². The van der Waals surface area contributed by atoms with Crippen LogP contribution < -0.4 is 20.1 Å². The number of carbonyl (C=O) groups is 3. The van der Waals surface area contributed by atoms with Gasteiger partial charge < -0.3 is 29.4 Å². The summed E-state index contributed by atoms with van der Waals surface area (Å²) >= 11 is 2.69. The third kappa shape index (κ3) is 7.66. The summed E-state index contributed by atoms with van der Waals surface area (Å²) in [7, 11) is 3.05. The van der Waals surface area contributed by atoms with Crippen molar-refractivity contribution in [2.75, 3.05) is 31.9 Å². The van der Waals surface area contributed by atoms with E-state index in [1.165, 1.54) is 37.3 Å². The molecule has 2 amide bonds. The first kappa shape index (κ1) is 32.0. The molecule has 2 N–H and O–H groups in total. The number of rotatable bonds is 13. The lowest BCUT2D eigenvalue weighted by Gasteiger charge is -2.13. The van der Waals surface area contributed by atoms with E-state index >= 15 is 0 Å². The Kier molecular flexibility index (Phi) is 10.7. The molecule has 0 aliphatic heterocycles. The number of nitrogens with one attached hydrogen (secondary N) is 2. The molecule has 0 atom stereocenters. The summed E-state index contributed by atoms with van der Waals surface area (Å²) in [5, 5.41) is 15.6. The van der Waals surface area contributed by atoms with Gasteiger partial charge in [-0.05, 0) is 61.9 Å². The first-order valence-corrected chi connectivity index (χ1v) is 16.4. The van der Waals surface area contributed by atoms with Crippen molar-refractivity contribution < 1.29 is 28.6 Å². The van der Waals surface area contributed by atoms with E-state index in [0.29, 0.717) is 45.2 Å². The third-order valence-corrected chi connectivity index (χ3v) is 9.44. The van der Waals surface area contributed by atoms with Gasteiger partial charge >= 0.3 is 5.97 Å². The number of anilines is 1. The van der Waals surface area contributed by atoms with Gasteiger partial charge in [0.2, 0.25) is 5.91 Å². The zero-order valence-corrected chi connectivity index (χ0v) is 27.0. The summed E-state index contributed by atoms with van der Waals surface area (Å²) in [6, 6.07) is 14.7. The van der Waals surface area contributed by atoms with Gasteiger partial charge in [-0.15, -0.1) is 21.5 Å². The number of hydrogen-bond acceptors (Lipinski definition) is 10. The summed E-state index contributed by atoms with van der Waals surface area (Å²) in [6.45, 7) is 2.60. The van der Waals surface area contributed by atoms with Crippen molar-refractivity contribution in [1.29, 1.82) is 0 Å². The molecule has 0 unspecified atom stereocenters. The van der Waals surface area contributed by atoms with Gasteiger partial charge in [0.25, 0.3) is 5.91 Å². The van der Waals surface area contributed by atoms with E-state index in [9.17, 15) is 14.4 Å². The lowest BCUT2D eigenvalue weighted by atomic mass is 9.95. The van der Waals surface area contributed by atoms with Gasteiger partial charge in [0.15, 0.2) is 22.5 Å². The molecule has 2 aromatic carbocycles. The number of hydrogen-bond donors (Lipinski definition) is 2. The van der Waals surface area contributed by atoms with Crippen LogP contribution in [0.25, 0.3) is 0 Å². The Hall–Kier alpha value is -4.36. The largest absolute Gasteiger partial charge is 0.493 e. The fourth-order valence-electron chi connectivity index (χ4n) is 5.09. The van der Waals surface area contributed by atoms with Crippen molar-refractivity contribution in [1.82, 2.24) is 20.1 Å². The summed E-state index contributed by atoms with van der Waals surface area (Å²) in [4.78, 5) is 40.1. The Morgan fingerprint density at radius 1 is 1.00 bits per heavy atom. The van der Waals surface area contributed by atoms with E-state index in [1.54, 1.807) is 25.1 Å². The van der Waals surface area contributed by atoms with Gasteiger partial charge in [0, 0.05) is 10.4 Å². The monoisotopic (exact) mass is 649 g/mol. The molecule has 0 radical (unpaired) electrons. The first-order chi connectivity index (χ1) is 21.9. The van der Waals surface area contributed by atoms with E-state index in [2.05, 4.69) is 20.8 Å². The summed E-state index contributed by atoms with van der Waals surface area (Å²) in [6.07, 6.45) is 3.77. The third-order valence-electron chi connectivity index (χ3n) is 7.27. The van der Waals surface area contributed by atoms with Crippen LogP contribution in [-0.2, 0) is 35.5 Å². The van der Waals surface area contributed by atoms with Crippen LogP contribution in [0.1, 0.15) is 62.3 Å². The Bertz CT molecular complexity index is 1670. The van der Waals surface area contributed by atoms with E-state index in [-0.39, 0.29) is 30.7 Å². The standard InChI is InChI=1S/C32H35N5O6S2/c1-4-43-31(40)28-22-12-8-9-13-25(22)45-30(28)34-27(38)19-44-32-36-35-26(37(32)18-20-10-6-5-7-11-20)17-33-29(39)21-14-15-23(41-2)24(16-21)42-3/h5-7,10-11,14-16H,4,8-9,12-13,17-19H2,1-3H3,(H,33,39)(H,34,38). The van der Waals surface area contributed by atoms with Crippen LogP contribution in [0.15, 0.2) is 53.7 Å². The second-order valence-corrected chi connectivity index (χ2v) is 12.2. The average molecular weight is 650 g/mol. The van der Waals surface area contributed by atoms with Gasteiger partial charge in [0.1, 0.15) is 5.00 Å². The minimum atomic E-state index is -0.401. The van der Waals surface area contributed by atoms with E-state index in [0.717, 1.165) is 41.7 Å². The van der Waals surface area contributed by atoms with Crippen molar-refractivity contribution in [2.24, 2.45) is 0 Å². The topological polar surface area (TPSA) is 134 Å².